The molecule has 0 amide bonds. The van der Waals surface area contributed by atoms with E-state index >= 15 is 0 Å². The van der Waals surface area contributed by atoms with Crippen molar-refractivity contribution in [3.8, 4) is 0 Å². The molecular weight excluding hydrogens is 169 g/mol. The van der Waals surface area contributed by atoms with E-state index in [1.807, 2.05) is 0 Å². The molecule has 0 aliphatic heterocycles. The van der Waals surface area contributed by atoms with Crippen molar-refractivity contribution >= 4 is 23.5 Å². The van der Waals surface area contributed by atoms with Gasteiger partial charge in [0.05, 0.1) is 17.9 Å². The summed E-state index contributed by atoms with van der Waals surface area (Å²) in [5.74, 6) is 0. The molecule has 2 aromatic heterocycles. The van der Waals surface area contributed by atoms with Gasteiger partial charge in [-0.1, -0.05) is 0 Å². The van der Waals surface area contributed by atoms with Crippen molar-refractivity contribution in [3.05, 3.63) is 18.6 Å². The van der Waals surface area contributed by atoms with E-state index in [0.29, 0.717) is 10.8 Å². The van der Waals surface area contributed by atoms with E-state index in [2.05, 4.69) is 10.1 Å². The lowest BCUT2D eigenvalue weighted by molar-refractivity contribution is 0.426. The second kappa shape index (κ2) is 2.83. The molecule has 0 saturated heterocycles. The van der Waals surface area contributed by atoms with Gasteiger partial charge in [0, 0.05) is 24.1 Å². The number of fused-ring (bicyclic) bond motifs is 1. The molecule has 0 unspecified atom stereocenters. The van der Waals surface area contributed by atoms with Crippen LogP contribution in [0, 0.1) is 0 Å². The van der Waals surface area contributed by atoms with E-state index in [9.17, 15) is 0 Å². The van der Waals surface area contributed by atoms with Gasteiger partial charge < -0.3 is 10.0 Å². The second-order valence-corrected chi connectivity index (χ2v) is 2.80. The Labute approximate surface area is 74.8 Å². The molecule has 0 aromatic carbocycles. The van der Waals surface area contributed by atoms with E-state index in [4.69, 9.17) is 10.0 Å². The molecule has 2 rings (SSSR count). The molecule has 2 aromatic rings. The highest BCUT2D eigenvalue weighted by Crippen LogP contribution is 2.07. The fourth-order valence-electron chi connectivity index (χ4n) is 1.29. The highest BCUT2D eigenvalue weighted by Gasteiger charge is 2.16. The average Bonchev–Trinajstić information content (AvgIpc) is 2.48. The Hall–Kier alpha value is -1.40. The number of hydrogen-bond donors (Lipinski definition) is 2. The summed E-state index contributed by atoms with van der Waals surface area (Å²) >= 11 is 0. The summed E-state index contributed by atoms with van der Waals surface area (Å²) in [7, 11) is 0.276. The van der Waals surface area contributed by atoms with Gasteiger partial charge in [0.1, 0.15) is 0 Å². The molecule has 0 aliphatic rings. The van der Waals surface area contributed by atoms with Crippen LogP contribution >= 0.6 is 0 Å². The molecular formula is C7H8BN3O2. The zero-order valence-corrected chi connectivity index (χ0v) is 7.05. The van der Waals surface area contributed by atoms with Gasteiger partial charge in [-0.05, 0) is 0 Å². The van der Waals surface area contributed by atoms with Crippen molar-refractivity contribution in [2.45, 2.75) is 0 Å². The maximum absolute atomic E-state index is 9.01. The first-order valence-electron chi connectivity index (χ1n) is 3.82. The molecule has 6 heteroatoms. The fourth-order valence-corrected chi connectivity index (χ4v) is 1.29. The number of pyridine rings is 1. The molecule has 2 heterocycles. The van der Waals surface area contributed by atoms with Crippen molar-refractivity contribution in [2.24, 2.45) is 7.05 Å². The Morgan fingerprint density at radius 2 is 2.08 bits per heavy atom. The quantitative estimate of drug-likeness (QED) is 0.528. The molecule has 0 spiro atoms. The van der Waals surface area contributed by atoms with Crippen LogP contribution in [0.1, 0.15) is 0 Å². The first-order chi connectivity index (χ1) is 6.20. The lowest BCUT2D eigenvalue weighted by Gasteiger charge is -1.99. The second-order valence-electron chi connectivity index (χ2n) is 2.80. The first-order valence-corrected chi connectivity index (χ1v) is 3.82. The van der Waals surface area contributed by atoms with Crippen LogP contribution in [-0.2, 0) is 7.05 Å². The van der Waals surface area contributed by atoms with Gasteiger partial charge in [0.2, 0.25) is 0 Å². The Morgan fingerprint density at radius 3 is 2.77 bits per heavy atom. The summed E-state index contributed by atoms with van der Waals surface area (Å²) < 4.78 is 1.63. The van der Waals surface area contributed by atoms with Gasteiger partial charge in [0.15, 0.2) is 0 Å². The largest absolute Gasteiger partial charge is 0.490 e. The molecule has 0 fully saturated rings. The fraction of sp³-hybridized carbons (Fsp3) is 0.143. The Bertz CT molecular complexity index is 440. The minimum atomic E-state index is -1.50. The van der Waals surface area contributed by atoms with E-state index < -0.39 is 7.12 Å². The molecule has 66 valence electrons. The minimum Gasteiger partial charge on any atom is -0.423 e. The number of aromatic nitrogens is 3. The molecule has 0 radical (unpaired) electrons. The normalized spacial score (nSPS) is 10.7. The smallest absolute Gasteiger partial charge is 0.423 e. The minimum absolute atomic E-state index is 0.380. The Kier molecular flexibility index (Phi) is 1.79. The maximum atomic E-state index is 9.01. The Morgan fingerprint density at radius 1 is 1.31 bits per heavy atom. The summed E-state index contributed by atoms with van der Waals surface area (Å²) in [4.78, 5) is 3.89. The standard InChI is InChI=1S/C7H8BN3O2/c1-11-7-4-9-3-6(8(12)13)5(7)2-10-11/h2-4,12-13H,1H3. The zero-order chi connectivity index (χ0) is 9.42. The van der Waals surface area contributed by atoms with Crippen LogP contribution < -0.4 is 5.46 Å². The maximum Gasteiger partial charge on any atom is 0.490 e. The monoisotopic (exact) mass is 177 g/mol. The van der Waals surface area contributed by atoms with E-state index in [1.165, 1.54) is 6.20 Å². The third-order valence-corrected chi connectivity index (χ3v) is 1.98. The van der Waals surface area contributed by atoms with Gasteiger partial charge in [-0.2, -0.15) is 5.10 Å². The summed E-state index contributed by atoms with van der Waals surface area (Å²) in [6, 6.07) is 0. The number of nitrogens with zero attached hydrogens (tertiary/aromatic N) is 3. The third-order valence-electron chi connectivity index (χ3n) is 1.98. The van der Waals surface area contributed by atoms with Crippen molar-refractivity contribution in [2.75, 3.05) is 0 Å². The van der Waals surface area contributed by atoms with Crippen molar-refractivity contribution in [1.29, 1.82) is 0 Å². The number of rotatable bonds is 1. The third kappa shape index (κ3) is 1.20. The lowest BCUT2D eigenvalue weighted by atomic mass is 9.80. The average molecular weight is 177 g/mol. The summed E-state index contributed by atoms with van der Waals surface area (Å²) in [5, 5.41) is 22.7. The van der Waals surface area contributed by atoms with Gasteiger partial charge >= 0.3 is 7.12 Å². The van der Waals surface area contributed by atoms with Gasteiger partial charge in [0.25, 0.3) is 0 Å². The van der Waals surface area contributed by atoms with Gasteiger partial charge in [-0.3, -0.25) is 9.67 Å². The molecule has 13 heavy (non-hydrogen) atoms. The topological polar surface area (TPSA) is 71.2 Å². The predicted molar refractivity (Wildman–Crippen MR) is 48.3 cm³/mol. The van der Waals surface area contributed by atoms with Gasteiger partial charge in [-0.25, -0.2) is 0 Å². The predicted octanol–water partition coefficient (Wildman–Crippen LogP) is -1.35. The Balaban J connectivity index is 2.77. The number of aryl methyl sites for hydroxylation is 1. The molecule has 0 aliphatic carbocycles. The molecule has 5 nitrogen and oxygen atoms in total. The van der Waals surface area contributed by atoms with E-state index in [1.54, 1.807) is 24.1 Å². The molecule has 0 saturated carbocycles. The van der Waals surface area contributed by atoms with Crippen LogP contribution in [0.15, 0.2) is 18.6 Å². The summed E-state index contributed by atoms with van der Waals surface area (Å²) in [6.45, 7) is 0. The van der Waals surface area contributed by atoms with E-state index in [-0.39, 0.29) is 0 Å². The van der Waals surface area contributed by atoms with E-state index in [0.717, 1.165) is 5.52 Å². The van der Waals surface area contributed by atoms with Crippen LogP contribution in [0.2, 0.25) is 0 Å². The summed E-state index contributed by atoms with van der Waals surface area (Å²) in [5.41, 5.74) is 1.16. The molecule has 0 atom stereocenters. The zero-order valence-electron chi connectivity index (χ0n) is 7.05. The van der Waals surface area contributed by atoms with Crippen molar-refractivity contribution < 1.29 is 10.0 Å². The van der Waals surface area contributed by atoms with Crippen LogP contribution in [0.5, 0.6) is 0 Å². The molecule has 0 bridgehead atoms. The van der Waals surface area contributed by atoms with Crippen LogP contribution in [-0.4, -0.2) is 31.9 Å². The van der Waals surface area contributed by atoms with Gasteiger partial charge in [-0.15, -0.1) is 0 Å². The van der Waals surface area contributed by atoms with Crippen molar-refractivity contribution in [1.82, 2.24) is 14.8 Å². The first kappa shape index (κ1) is 8.21. The lowest BCUT2D eigenvalue weighted by Crippen LogP contribution is -2.30. The van der Waals surface area contributed by atoms with Crippen LogP contribution in [0.25, 0.3) is 10.9 Å². The van der Waals surface area contributed by atoms with Crippen molar-refractivity contribution in [3.63, 3.8) is 0 Å². The molecule has 2 N–H and O–H groups in total. The SMILES string of the molecule is Cn1ncc2c(B(O)O)cncc21. The highest BCUT2D eigenvalue weighted by molar-refractivity contribution is 6.61. The van der Waals surface area contributed by atoms with Crippen LogP contribution in [0.4, 0.5) is 0 Å². The highest BCUT2D eigenvalue weighted by atomic mass is 16.4. The number of hydrogen-bond acceptors (Lipinski definition) is 4. The summed E-state index contributed by atoms with van der Waals surface area (Å²) in [6.07, 6.45) is 4.65. The van der Waals surface area contributed by atoms with Crippen LogP contribution in [0.3, 0.4) is 0 Å².